The third-order valence-corrected chi connectivity index (χ3v) is 6.48. The Bertz CT molecular complexity index is 1220. The molecule has 0 aliphatic heterocycles. The lowest BCUT2D eigenvalue weighted by molar-refractivity contribution is 1.31. The van der Waals surface area contributed by atoms with Crippen molar-refractivity contribution in [3.8, 4) is 44.3 Å². The highest BCUT2D eigenvalue weighted by Gasteiger charge is 2.15. The topological polar surface area (TPSA) is 28.7 Å². The molecule has 0 bridgehead atoms. The lowest BCUT2D eigenvalue weighted by atomic mass is 10.1. The van der Waals surface area contributed by atoms with Gasteiger partial charge in [0.15, 0.2) is 0 Å². The van der Waals surface area contributed by atoms with E-state index < -0.39 is 0 Å². The van der Waals surface area contributed by atoms with E-state index in [0.717, 1.165) is 33.9 Å². The number of hydrogen-bond acceptors (Lipinski definition) is 2. The summed E-state index contributed by atoms with van der Waals surface area (Å²) in [6.45, 7) is 4.34. The van der Waals surface area contributed by atoms with E-state index in [4.69, 9.17) is 4.98 Å². The van der Waals surface area contributed by atoms with Crippen LogP contribution in [0.5, 0.6) is 0 Å². The second kappa shape index (κ2) is 7.77. The molecule has 1 N–H and O–H groups in total. The first-order valence-electron chi connectivity index (χ1n) is 10.1. The van der Waals surface area contributed by atoms with Crippen LogP contribution in [0.3, 0.4) is 0 Å². The highest BCUT2D eigenvalue weighted by Crippen LogP contribution is 2.35. The third-order valence-electron chi connectivity index (χ3n) is 5.28. The fraction of sp³-hybridized carbons (Fsp3) is 0.0741. The number of aromatic amines is 1. The van der Waals surface area contributed by atoms with Crippen LogP contribution in [0.2, 0.25) is 0 Å². The summed E-state index contributed by atoms with van der Waals surface area (Å²) in [4.78, 5) is 11.3. The lowest BCUT2D eigenvalue weighted by Gasteiger charge is -2.02. The van der Waals surface area contributed by atoms with E-state index in [1.165, 1.54) is 20.9 Å². The van der Waals surface area contributed by atoms with E-state index >= 15 is 0 Å². The molecule has 3 aromatic carbocycles. The molecule has 2 heterocycles. The Balaban J connectivity index is 1.58. The smallest absolute Gasteiger partial charge is 0.138 e. The van der Waals surface area contributed by atoms with Crippen molar-refractivity contribution in [3.05, 3.63) is 101 Å². The minimum atomic E-state index is 0.887. The van der Waals surface area contributed by atoms with Gasteiger partial charge in [-0.25, -0.2) is 4.98 Å². The summed E-state index contributed by atoms with van der Waals surface area (Å²) >= 11 is 1.85. The van der Waals surface area contributed by atoms with Crippen molar-refractivity contribution in [2.75, 3.05) is 0 Å². The first kappa shape index (κ1) is 18.6. The Morgan fingerprint density at radius 2 is 1.27 bits per heavy atom. The number of imidazole rings is 1. The summed E-state index contributed by atoms with van der Waals surface area (Å²) in [7, 11) is 0. The Labute approximate surface area is 180 Å². The van der Waals surface area contributed by atoms with Crippen molar-refractivity contribution in [2.24, 2.45) is 0 Å². The zero-order valence-electron chi connectivity index (χ0n) is 17.0. The van der Waals surface area contributed by atoms with Gasteiger partial charge in [0.1, 0.15) is 5.82 Å². The second-order valence-electron chi connectivity index (χ2n) is 7.49. The van der Waals surface area contributed by atoms with E-state index in [1.54, 1.807) is 0 Å². The molecule has 0 saturated carbocycles. The van der Waals surface area contributed by atoms with Crippen LogP contribution in [0.1, 0.15) is 10.4 Å². The molecule has 146 valence electrons. The van der Waals surface area contributed by atoms with Gasteiger partial charge in [0.2, 0.25) is 0 Å². The first-order valence-corrected chi connectivity index (χ1v) is 10.9. The molecule has 0 amide bonds. The van der Waals surface area contributed by atoms with Crippen LogP contribution in [0, 0.1) is 13.8 Å². The molecule has 30 heavy (non-hydrogen) atoms. The van der Waals surface area contributed by atoms with Gasteiger partial charge in [-0.15, -0.1) is 11.3 Å². The maximum atomic E-state index is 5.00. The quantitative estimate of drug-likeness (QED) is 0.325. The van der Waals surface area contributed by atoms with Crippen molar-refractivity contribution in [3.63, 3.8) is 0 Å². The van der Waals surface area contributed by atoms with Crippen LogP contribution in [0.4, 0.5) is 0 Å². The summed E-state index contributed by atoms with van der Waals surface area (Å²) < 4.78 is 0. The molecule has 0 aliphatic rings. The van der Waals surface area contributed by atoms with Crippen molar-refractivity contribution < 1.29 is 0 Å². The minimum absolute atomic E-state index is 0.887. The average Bonchev–Trinajstić information content (AvgIpc) is 3.38. The average molecular weight is 407 g/mol. The lowest BCUT2D eigenvalue weighted by Crippen LogP contribution is -1.82. The number of aryl methyl sites for hydroxylation is 2. The summed E-state index contributed by atoms with van der Waals surface area (Å²) in [6.07, 6.45) is 0. The normalized spacial score (nSPS) is 11.0. The van der Waals surface area contributed by atoms with Crippen LogP contribution in [0.25, 0.3) is 44.3 Å². The summed E-state index contributed by atoms with van der Waals surface area (Å²) in [5, 5.41) is 0. The predicted octanol–water partition coefficient (Wildman–Crippen LogP) is 7.76. The van der Waals surface area contributed by atoms with E-state index in [9.17, 15) is 0 Å². The van der Waals surface area contributed by atoms with Crippen LogP contribution < -0.4 is 0 Å². The van der Waals surface area contributed by atoms with Crippen molar-refractivity contribution in [1.29, 1.82) is 0 Å². The third kappa shape index (κ3) is 3.49. The maximum absolute atomic E-state index is 5.00. The highest BCUT2D eigenvalue weighted by molar-refractivity contribution is 7.15. The number of nitrogens with zero attached hydrogens (tertiary/aromatic N) is 1. The van der Waals surface area contributed by atoms with Gasteiger partial charge in [-0.1, -0.05) is 84.9 Å². The molecule has 0 unspecified atom stereocenters. The molecule has 0 fully saturated rings. The van der Waals surface area contributed by atoms with Crippen LogP contribution in [-0.2, 0) is 0 Å². The number of nitrogens with one attached hydrogen (secondary N) is 1. The van der Waals surface area contributed by atoms with E-state index in [0.29, 0.717) is 0 Å². The summed E-state index contributed by atoms with van der Waals surface area (Å²) in [6, 6.07) is 31.7. The van der Waals surface area contributed by atoms with Gasteiger partial charge in [0.05, 0.1) is 11.4 Å². The number of aromatic nitrogens is 2. The van der Waals surface area contributed by atoms with Gasteiger partial charge in [-0.2, -0.15) is 0 Å². The minimum Gasteiger partial charge on any atom is -0.337 e. The number of rotatable bonds is 4. The number of hydrogen-bond donors (Lipinski definition) is 1. The van der Waals surface area contributed by atoms with E-state index in [2.05, 4.69) is 97.7 Å². The Morgan fingerprint density at radius 3 is 1.87 bits per heavy atom. The molecule has 0 aliphatic carbocycles. The molecule has 0 radical (unpaired) electrons. The zero-order chi connectivity index (χ0) is 20.5. The predicted molar refractivity (Wildman–Crippen MR) is 128 cm³/mol. The molecule has 5 aromatic rings. The first-order chi connectivity index (χ1) is 14.7. The Hall–Kier alpha value is -3.43. The van der Waals surface area contributed by atoms with Crippen molar-refractivity contribution in [2.45, 2.75) is 13.8 Å². The van der Waals surface area contributed by atoms with Gasteiger partial charge in [-0.05, 0) is 31.0 Å². The van der Waals surface area contributed by atoms with Gasteiger partial charge >= 0.3 is 0 Å². The fourth-order valence-electron chi connectivity index (χ4n) is 3.84. The van der Waals surface area contributed by atoms with Crippen molar-refractivity contribution >= 4 is 11.3 Å². The molecular weight excluding hydrogens is 384 g/mol. The molecule has 0 spiro atoms. The Kier molecular flexibility index (Phi) is 4.82. The standard InChI is InChI=1S/C27H22N2S/c1-18-17-19(2)30-26(18)22-13-15-23(16-14-22)27-28-24(20-9-5-3-6-10-20)25(29-27)21-11-7-4-8-12-21/h3-17H,1-2H3,(H,28,29). The molecule has 3 heteroatoms. The monoisotopic (exact) mass is 406 g/mol. The highest BCUT2D eigenvalue weighted by atomic mass is 32.1. The molecular formula is C27H22N2S. The summed E-state index contributed by atoms with van der Waals surface area (Å²) in [5.41, 5.74) is 7.95. The summed E-state index contributed by atoms with van der Waals surface area (Å²) in [5.74, 6) is 0.887. The van der Waals surface area contributed by atoms with Crippen LogP contribution >= 0.6 is 11.3 Å². The van der Waals surface area contributed by atoms with Crippen LogP contribution in [0.15, 0.2) is 91.0 Å². The largest absolute Gasteiger partial charge is 0.337 e. The number of thiophene rings is 1. The second-order valence-corrected chi connectivity index (χ2v) is 8.74. The fourth-order valence-corrected chi connectivity index (χ4v) is 4.87. The molecule has 0 atom stereocenters. The number of benzene rings is 3. The van der Waals surface area contributed by atoms with Gasteiger partial charge in [0, 0.05) is 26.4 Å². The molecule has 0 saturated heterocycles. The Morgan fingerprint density at radius 1 is 0.667 bits per heavy atom. The van der Waals surface area contributed by atoms with Crippen LogP contribution in [-0.4, -0.2) is 9.97 Å². The SMILES string of the molecule is Cc1cc(C)c(-c2ccc(-c3nc(-c4ccccc4)c(-c4ccccc4)[nH]3)cc2)s1. The zero-order valence-corrected chi connectivity index (χ0v) is 17.8. The van der Waals surface area contributed by atoms with Crippen molar-refractivity contribution in [1.82, 2.24) is 9.97 Å². The van der Waals surface area contributed by atoms with Gasteiger partial charge in [0.25, 0.3) is 0 Å². The molecule has 2 aromatic heterocycles. The molecule has 5 rings (SSSR count). The van der Waals surface area contributed by atoms with Gasteiger partial charge < -0.3 is 4.98 Å². The van der Waals surface area contributed by atoms with E-state index in [1.807, 2.05) is 23.5 Å². The van der Waals surface area contributed by atoms with E-state index in [-0.39, 0.29) is 0 Å². The maximum Gasteiger partial charge on any atom is 0.138 e. The molecule has 2 nitrogen and oxygen atoms in total. The van der Waals surface area contributed by atoms with Gasteiger partial charge in [-0.3, -0.25) is 0 Å². The number of H-pyrrole nitrogens is 1.